The molecule has 0 amide bonds. The summed E-state index contributed by atoms with van der Waals surface area (Å²) in [4.78, 5) is 8.78. The minimum Gasteiger partial charge on any atom is -0.475 e. The van der Waals surface area contributed by atoms with Crippen molar-refractivity contribution >= 4 is 29.1 Å². The summed E-state index contributed by atoms with van der Waals surface area (Å²) in [6, 6.07) is 0.276. The summed E-state index contributed by atoms with van der Waals surface area (Å²) in [6.07, 6.45) is 4.68. The zero-order valence-corrected chi connectivity index (χ0v) is 16.6. The van der Waals surface area contributed by atoms with Gasteiger partial charge in [0.05, 0.1) is 36.7 Å². The maximum absolute atomic E-state index is 6.18. The third-order valence-corrected chi connectivity index (χ3v) is 5.25. The van der Waals surface area contributed by atoms with Crippen molar-refractivity contribution in [2.75, 3.05) is 23.8 Å². The van der Waals surface area contributed by atoms with E-state index in [1.807, 2.05) is 6.92 Å². The van der Waals surface area contributed by atoms with E-state index in [2.05, 4.69) is 39.1 Å². The summed E-state index contributed by atoms with van der Waals surface area (Å²) in [5, 5.41) is 11.8. The van der Waals surface area contributed by atoms with Gasteiger partial charge in [0.1, 0.15) is 10.7 Å². The van der Waals surface area contributed by atoms with Crippen LogP contribution in [0.3, 0.4) is 0 Å². The number of nitrogens with zero attached hydrogens (tertiary/aromatic N) is 4. The van der Waals surface area contributed by atoms with E-state index in [4.69, 9.17) is 26.2 Å². The Morgan fingerprint density at radius 1 is 1.26 bits per heavy atom. The Labute approximate surface area is 163 Å². The molecule has 2 unspecified atom stereocenters. The van der Waals surface area contributed by atoms with Crippen molar-refractivity contribution in [3.63, 3.8) is 0 Å². The highest BCUT2D eigenvalue weighted by Gasteiger charge is 2.29. The standard InChI is InChI=1S/C18H25ClN6O2/c1-10-7-13(8-11(2)27-10)25-12(3)15-17(24-25)26-6-4-5-20-16-14(19)9-21-18(22-15)23-16/h9-11,13H,4-8H2,1-3H3,(H2,20,21,22,23). The van der Waals surface area contributed by atoms with Crippen LogP contribution in [0.15, 0.2) is 6.20 Å². The smallest absolute Gasteiger partial charge is 0.257 e. The van der Waals surface area contributed by atoms with Gasteiger partial charge >= 0.3 is 0 Å². The summed E-state index contributed by atoms with van der Waals surface area (Å²) in [7, 11) is 0. The first-order chi connectivity index (χ1) is 13.0. The van der Waals surface area contributed by atoms with Crippen molar-refractivity contribution in [1.29, 1.82) is 0 Å². The van der Waals surface area contributed by atoms with Crippen molar-refractivity contribution < 1.29 is 9.47 Å². The normalized spacial score (nSPS) is 25.4. The molecule has 2 atom stereocenters. The maximum atomic E-state index is 6.18. The Kier molecular flexibility index (Phi) is 5.10. The van der Waals surface area contributed by atoms with Gasteiger partial charge in [-0.05, 0) is 40.0 Å². The van der Waals surface area contributed by atoms with Gasteiger partial charge in [0.15, 0.2) is 5.82 Å². The molecule has 4 heterocycles. The Morgan fingerprint density at radius 3 is 2.81 bits per heavy atom. The number of rotatable bonds is 1. The molecule has 1 fully saturated rings. The van der Waals surface area contributed by atoms with Crippen LogP contribution in [0.25, 0.3) is 0 Å². The topological polar surface area (TPSA) is 86.1 Å². The second kappa shape index (κ2) is 7.52. The summed E-state index contributed by atoms with van der Waals surface area (Å²) in [5.41, 5.74) is 1.81. The highest BCUT2D eigenvalue weighted by atomic mass is 35.5. The SMILES string of the molecule is Cc1c2c(nn1C1CC(C)OC(C)C1)OCCCNc1nc(ncc1Cl)N2. The Morgan fingerprint density at radius 2 is 2.04 bits per heavy atom. The van der Waals surface area contributed by atoms with E-state index < -0.39 is 0 Å². The second-order valence-electron chi connectivity index (χ2n) is 7.24. The Hall–Kier alpha value is -2.06. The molecule has 0 saturated carbocycles. The predicted octanol–water partition coefficient (Wildman–Crippen LogP) is 3.70. The lowest BCUT2D eigenvalue weighted by Gasteiger charge is -2.32. The van der Waals surface area contributed by atoms with Crippen molar-refractivity contribution in [2.45, 2.75) is 58.3 Å². The Balaban J connectivity index is 1.70. The van der Waals surface area contributed by atoms with Crippen molar-refractivity contribution in [1.82, 2.24) is 19.7 Å². The zero-order chi connectivity index (χ0) is 19.0. The molecule has 2 aromatic heterocycles. The molecule has 0 aliphatic carbocycles. The number of hydrogen-bond acceptors (Lipinski definition) is 7. The summed E-state index contributed by atoms with van der Waals surface area (Å²) in [5.74, 6) is 1.67. The zero-order valence-electron chi connectivity index (χ0n) is 15.8. The van der Waals surface area contributed by atoms with Crippen LogP contribution in [-0.2, 0) is 4.74 Å². The van der Waals surface area contributed by atoms with E-state index in [1.54, 1.807) is 6.20 Å². The fourth-order valence-electron chi connectivity index (χ4n) is 3.77. The van der Waals surface area contributed by atoms with E-state index in [0.717, 1.165) is 30.6 Å². The second-order valence-corrected chi connectivity index (χ2v) is 7.64. The summed E-state index contributed by atoms with van der Waals surface area (Å²) in [6.45, 7) is 7.53. The third-order valence-electron chi connectivity index (χ3n) is 4.97. The number of hydrogen-bond donors (Lipinski definition) is 2. The average Bonchev–Trinajstić information content (AvgIpc) is 2.91. The van der Waals surface area contributed by atoms with Gasteiger partial charge in [0.25, 0.3) is 5.88 Å². The van der Waals surface area contributed by atoms with Crippen LogP contribution in [-0.4, -0.2) is 45.1 Å². The molecule has 9 heteroatoms. The van der Waals surface area contributed by atoms with Crippen molar-refractivity contribution in [2.24, 2.45) is 0 Å². The lowest BCUT2D eigenvalue weighted by atomic mass is 10.00. The lowest BCUT2D eigenvalue weighted by molar-refractivity contribution is -0.0510. The highest BCUT2D eigenvalue weighted by Crippen LogP contribution is 2.36. The van der Waals surface area contributed by atoms with Gasteiger partial charge in [-0.3, -0.25) is 4.68 Å². The van der Waals surface area contributed by atoms with Gasteiger partial charge in [-0.15, -0.1) is 5.10 Å². The van der Waals surface area contributed by atoms with Crippen LogP contribution in [0.5, 0.6) is 5.88 Å². The molecule has 8 nitrogen and oxygen atoms in total. The maximum Gasteiger partial charge on any atom is 0.257 e. The van der Waals surface area contributed by atoms with E-state index in [0.29, 0.717) is 35.8 Å². The molecular weight excluding hydrogens is 368 g/mol. The number of ether oxygens (including phenoxy) is 2. The van der Waals surface area contributed by atoms with Gasteiger partial charge in [-0.25, -0.2) is 4.98 Å². The molecule has 0 spiro atoms. The van der Waals surface area contributed by atoms with Gasteiger partial charge in [0.2, 0.25) is 5.95 Å². The van der Waals surface area contributed by atoms with E-state index in [1.165, 1.54) is 0 Å². The van der Waals surface area contributed by atoms with Crippen LogP contribution < -0.4 is 15.4 Å². The molecule has 1 saturated heterocycles. The number of aromatic nitrogens is 4. The van der Waals surface area contributed by atoms with Crippen molar-refractivity contribution in [3.05, 3.63) is 16.9 Å². The number of nitrogens with one attached hydrogen (secondary N) is 2. The average molecular weight is 393 g/mol. The number of halogens is 1. The molecule has 146 valence electrons. The van der Waals surface area contributed by atoms with E-state index in [-0.39, 0.29) is 18.2 Å². The first kappa shape index (κ1) is 18.3. The van der Waals surface area contributed by atoms with Gasteiger partial charge in [-0.1, -0.05) is 11.6 Å². The largest absolute Gasteiger partial charge is 0.475 e. The molecule has 0 radical (unpaired) electrons. The minimum atomic E-state index is 0.210. The highest BCUT2D eigenvalue weighted by molar-refractivity contribution is 6.32. The lowest BCUT2D eigenvalue weighted by Crippen LogP contribution is -2.31. The quantitative estimate of drug-likeness (QED) is 0.765. The van der Waals surface area contributed by atoms with Gasteiger partial charge in [-0.2, -0.15) is 4.98 Å². The monoisotopic (exact) mass is 392 g/mol. The molecule has 2 aliphatic heterocycles. The summed E-state index contributed by atoms with van der Waals surface area (Å²) >= 11 is 6.18. The number of fused-ring (bicyclic) bond motifs is 3. The van der Waals surface area contributed by atoms with Gasteiger partial charge in [0, 0.05) is 6.54 Å². The van der Waals surface area contributed by atoms with Gasteiger partial charge < -0.3 is 20.1 Å². The molecular formula is C18H25ClN6O2. The Bertz CT molecular complexity index is 816. The van der Waals surface area contributed by atoms with Crippen molar-refractivity contribution in [3.8, 4) is 5.88 Å². The van der Waals surface area contributed by atoms with Crippen LogP contribution in [0.1, 0.15) is 44.8 Å². The molecule has 2 aliphatic rings. The van der Waals surface area contributed by atoms with Crippen LogP contribution in [0.4, 0.5) is 17.5 Å². The predicted molar refractivity (Wildman–Crippen MR) is 104 cm³/mol. The molecule has 2 aromatic rings. The van der Waals surface area contributed by atoms with E-state index >= 15 is 0 Å². The van der Waals surface area contributed by atoms with Crippen LogP contribution in [0, 0.1) is 6.92 Å². The molecule has 2 bridgehead atoms. The van der Waals surface area contributed by atoms with Crippen LogP contribution >= 0.6 is 11.6 Å². The van der Waals surface area contributed by atoms with Crippen LogP contribution in [0.2, 0.25) is 5.02 Å². The molecule has 2 N–H and O–H groups in total. The number of anilines is 3. The molecule has 27 heavy (non-hydrogen) atoms. The fourth-order valence-corrected chi connectivity index (χ4v) is 3.93. The molecule has 4 rings (SSSR count). The minimum absolute atomic E-state index is 0.210. The van der Waals surface area contributed by atoms with E-state index in [9.17, 15) is 0 Å². The fraction of sp³-hybridized carbons (Fsp3) is 0.611. The molecule has 0 aromatic carbocycles. The summed E-state index contributed by atoms with van der Waals surface area (Å²) < 4.78 is 13.9. The third kappa shape index (κ3) is 3.82. The first-order valence-corrected chi connectivity index (χ1v) is 9.80. The first-order valence-electron chi connectivity index (χ1n) is 9.42.